The van der Waals surface area contributed by atoms with Crippen molar-refractivity contribution in [3.63, 3.8) is 0 Å². The van der Waals surface area contributed by atoms with E-state index in [0.717, 1.165) is 6.42 Å². The van der Waals surface area contributed by atoms with Gasteiger partial charge < -0.3 is 15.9 Å². The van der Waals surface area contributed by atoms with Gasteiger partial charge in [-0.25, -0.2) is 10.9 Å². The zero-order valence-corrected chi connectivity index (χ0v) is 9.27. The lowest BCUT2D eigenvalue weighted by atomic mass is 10.1. The van der Waals surface area contributed by atoms with Gasteiger partial charge in [-0.1, -0.05) is 0 Å². The van der Waals surface area contributed by atoms with Gasteiger partial charge >= 0.3 is 11.9 Å². The molecule has 0 aromatic rings. The lowest BCUT2D eigenvalue weighted by molar-refractivity contribution is -0.142. The number of carbonyl (C=O) groups is 2. The molecule has 2 atom stereocenters. The monoisotopic (exact) mass is 233 g/mol. The van der Waals surface area contributed by atoms with Gasteiger partial charge in [0.25, 0.3) is 0 Å². The molecule has 0 aliphatic carbocycles. The maximum Gasteiger partial charge on any atom is 0.322 e. The first-order valence-electron chi connectivity index (χ1n) is 5.15. The summed E-state index contributed by atoms with van der Waals surface area (Å²) in [7, 11) is 0. The Balaban J connectivity index is 3.94. The maximum atomic E-state index is 10.8. The van der Waals surface area contributed by atoms with E-state index < -0.39 is 24.0 Å². The molecule has 0 heterocycles. The molecule has 0 spiro atoms. The Hall–Kier alpha value is -1.18. The Morgan fingerprint density at radius 3 is 2.25 bits per heavy atom. The largest absolute Gasteiger partial charge is 0.480 e. The van der Waals surface area contributed by atoms with Gasteiger partial charge in [-0.05, 0) is 32.7 Å². The second-order valence-corrected chi connectivity index (χ2v) is 3.52. The van der Waals surface area contributed by atoms with Crippen LogP contribution in [0.1, 0.15) is 26.2 Å². The third kappa shape index (κ3) is 6.33. The van der Waals surface area contributed by atoms with Gasteiger partial charge in [0.15, 0.2) is 0 Å². The number of rotatable bonds is 9. The molecule has 94 valence electrons. The standard InChI is InChI=1S/C9H19N3O4/c1-6(8(13)14)11-12-7(9(15)16)4-2-3-5-10/h6-7,11-12H,2-5,10H2,1H3,(H,13,14)(H,15,16)/t6-,7?/m0/s1. The van der Waals surface area contributed by atoms with Crippen LogP contribution in [0.2, 0.25) is 0 Å². The van der Waals surface area contributed by atoms with Crippen LogP contribution in [0.25, 0.3) is 0 Å². The van der Waals surface area contributed by atoms with Crippen LogP contribution < -0.4 is 16.6 Å². The first kappa shape index (κ1) is 14.8. The third-order valence-corrected chi connectivity index (χ3v) is 2.09. The summed E-state index contributed by atoms with van der Waals surface area (Å²) in [5.41, 5.74) is 10.2. The van der Waals surface area contributed by atoms with E-state index in [9.17, 15) is 9.59 Å². The summed E-state index contributed by atoms with van der Waals surface area (Å²) in [6.07, 6.45) is 1.84. The van der Waals surface area contributed by atoms with Gasteiger partial charge in [-0.3, -0.25) is 9.59 Å². The van der Waals surface area contributed by atoms with Crippen molar-refractivity contribution in [2.24, 2.45) is 5.73 Å². The van der Waals surface area contributed by atoms with Crippen molar-refractivity contribution in [2.45, 2.75) is 38.3 Å². The number of carboxylic acid groups (broad SMARTS) is 2. The van der Waals surface area contributed by atoms with Crippen LogP contribution >= 0.6 is 0 Å². The van der Waals surface area contributed by atoms with Crippen molar-refractivity contribution in [3.05, 3.63) is 0 Å². The minimum absolute atomic E-state index is 0.409. The smallest absolute Gasteiger partial charge is 0.322 e. The first-order chi connectivity index (χ1) is 7.49. The number of hydrogen-bond donors (Lipinski definition) is 5. The lowest BCUT2D eigenvalue weighted by Gasteiger charge is -2.17. The molecular weight excluding hydrogens is 214 g/mol. The van der Waals surface area contributed by atoms with Crippen LogP contribution in [-0.2, 0) is 9.59 Å². The molecule has 0 amide bonds. The Bertz CT molecular complexity index is 235. The highest BCUT2D eigenvalue weighted by Crippen LogP contribution is 1.99. The van der Waals surface area contributed by atoms with E-state index in [1.54, 1.807) is 0 Å². The lowest BCUT2D eigenvalue weighted by Crippen LogP contribution is -2.51. The quantitative estimate of drug-likeness (QED) is 0.259. The molecule has 7 heteroatoms. The molecule has 0 bridgehead atoms. The van der Waals surface area contributed by atoms with Gasteiger partial charge in [0.05, 0.1) is 0 Å². The minimum Gasteiger partial charge on any atom is -0.480 e. The summed E-state index contributed by atoms with van der Waals surface area (Å²) in [6.45, 7) is 1.94. The Kier molecular flexibility index (Phi) is 7.44. The number of aliphatic carboxylic acids is 2. The Morgan fingerprint density at radius 1 is 1.19 bits per heavy atom. The highest BCUT2D eigenvalue weighted by Gasteiger charge is 2.18. The molecule has 0 saturated carbocycles. The molecule has 6 N–H and O–H groups in total. The van der Waals surface area contributed by atoms with Crippen LogP contribution in [0.4, 0.5) is 0 Å². The highest BCUT2D eigenvalue weighted by molar-refractivity contribution is 5.74. The van der Waals surface area contributed by atoms with E-state index in [-0.39, 0.29) is 0 Å². The first-order valence-corrected chi connectivity index (χ1v) is 5.15. The van der Waals surface area contributed by atoms with Crippen LogP contribution in [0.15, 0.2) is 0 Å². The number of unbranched alkanes of at least 4 members (excludes halogenated alkanes) is 1. The molecule has 0 aromatic heterocycles. The normalized spacial score (nSPS) is 14.4. The predicted octanol–water partition coefficient (Wildman–Crippen LogP) is -0.864. The summed E-state index contributed by atoms with van der Waals surface area (Å²) >= 11 is 0. The third-order valence-electron chi connectivity index (χ3n) is 2.09. The van der Waals surface area contributed by atoms with Crippen molar-refractivity contribution in [2.75, 3.05) is 6.54 Å². The van der Waals surface area contributed by atoms with Crippen molar-refractivity contribution in [1.29, 1.82) is 0 Å². The molecule has 0 radical (unpaired) electrons. The second kappa shape index (κ2) is 8.03. The average Bonchev–Trinajstić information content (AvgIpc) is 2.21. The molecule has 0 saturated heterocycles. The van der Waals surface area contributed by atoms with E-state index in [2.05, 4.69) is 10.9 Å². The van der Waals surface area contributed by atoms with Crippen LogP contribution in [0, 0.1) is 0 Å². The molecule has 0 aliphatic heterocycles. The SMILES string of the molecule is C[C@H](NNC(CCCCN)C(=O)O)C(=O)O. The van der Waals surface area contributed by atoms with Crippen molar-refractivity contribution < 1.29 is 19.8 Å². The van der Waals surface area contributed by atoms with Gasteiger partial charge in [0.1, 0.15) is 12.1 Å². The number of hydrogen-bond acceptors (Lipinski definition) is 5. The fourth-order valence-corrected chi connectivity index (χ4v) is 1.04. The molecule has 7 nitrogen and oxygen atoms in total. The summed E-state index contributed by atoms with van der Waals surface area (Å²) in [5.74, 6) is -2.05. The fraction of sp³-hybridized carbons (Fsp3) is 0.778. The molecule has 1 unspecified atom stereocenters. The zero-order valence-electron chi connectivity index (χ0n) is 9.27. The molecule has 0 aliphatic rings. The molecular formula is C9H19N3O4. The van der Waals surface area contributed by atoms with Crippen LogP contribution in [0.3, 0.4) is 0 Å². The molecule has 16 heavy (non-hydrogen) atoms. The summed E-state index contributed by atoms with van der Waals surface area (Å²) in [4.78, 5) is 21.3. The topological polar surface area (TPSA) is 125 Å². The van der Waals surface area contributed by atoms with Gasteiger partial charge in [0.2, 0.25) is 0 Å². The number of hydrazine groups is 1. The van der Waals surface area contributed by atoms with Gasteiger partial charge in [-0.15, -0.1) is 0 Å². The van der Waals surface area contributed by atoms with Gasteiger partial charge in [-0.2, -0.15) is 0 Å². The molecule has 0 rings (SSSR count). The zero-order chi connectivity index (χ0) is 12.6. The van der Waals surface area contributed by atoms with Crippen LogP contribution in [-0.4, -0.2) is 40.8 Å². The van der Waals surface area contributed by atoms with E-state index in [4.69, 9.17) is 15.9 Å². The van der Waals surface area contributed by atoms with Crippen molar-refractivity contribution in [1.82, 2.24) is 10.9 Å². The summed E-state index contributed by atoms with van der Waals surface area (Å²) < 4.78 is 0. The summed E-state index contributed by atoms with van der Waals surface area (Å²) in [5, 5.41) is 17.4. The van der Waals surface area contributed by atoms with Crippen molar-refractivity contribution >= 4 is 11.9 Å². The number of nitrogens with two attached hydrogens (primary N) is 1. The number of carboxylic acids is 2. The van der Waals surface area contributed by atoms with E-state index in [0.29, 0.717) is 19.4 Å². The molecule has 0 aromatic carbocycles. The van der Waals surface area contributed by atoms with E-state index in [1.807, 2.05) is 0 Å². The van der Waals surface area contributed by atoms with Crippen molar-refractivity contribution in [3.8, 4) is 0 Å². The Labute approximate surface area is 94.0 Å². The minimum atomic E-state index is -1.04. The fourth-order valence-electron chi connectivity index (χ4n) is 1.04. The van der Waals surface area contributed by atoms with Crippen LogP contribution in [0.5, 0.6) is 0 Å². The van der Waals surface area contributed by atoms with Gasteiger partial charge in [0, 0.05) is 0 Å². The number of nitrogens with one attached hydrogen (secondary N) is 2. The second-order valence-electron chi connectivity index (χ2n) is 3.52. The van der Waals surface area contributed by atoms with E-state index >= 15 is 0 Å². The van der Waals surface area contributed by atoms with E-state index in [1.165, 1.54) is 6.92 Å². The predicted molar refractivity (Wildman–Crippen MR) is 57.7 cm³/mol. The summed E-state index contributed by atoms with van der Waals surface area (Å²) in [6, 6.07) is -1.63. The average molecular weight is 233 g/mol. The Morgan fingerprint density at radius 2 is 1.81 bits per heavy atom. The molecule has 0 fully saturated rings. The maximum absolute atomic E-state index is 10.8. The highest BCUT2D eigenvalue weighted by atomic mass is 16.4.